The predicted molar refractivity (Wildman–Crippen MR) is 55.2 cm³/mol. The molecule has 82 valence electrons. The summed E-state index contributed by atoms with van der Waals surface area (Å²) in [5.41, 5.74) is -0.961. The van der Waals surface area contributed by atoms with Crippen LogP contribution in [-0.4, -0.2) is 27.1 Å². The number of nitrogens with one attached hydrogen (secondary N) is 1. The first-order chi connectivity index (χ1) is 6.46. The van der Waals surface area contributed by atoms with Crippen LogP contribution in [0.25, 0.3) is 0 Å². The smallest absolute Gasteiger partial charge is 0.324 e. The number of rotatable bonds is 3. The minimum Gasteiger partial charge on any atom is -0.480 e. The van der Waals surface area contributed by atoms with Gasteiger partial charge in [0.05, 0.1) is 11.0 Å². The number of carboxylic acid groups (broad SMARTS) is 1. The molecule has 0 aliphatic heterocycles. The number of carboxylic acids is 1. The Morgan fingerprint density at radius 3 is 2.71 bits per heavy atom. The van der Waals surface area contributed by atoms with Gasteiger partial charge in [0.2, 0.25) is 0 Å². The lowest BCUT2D eigenvalue weighted by atomic mass is 9.77. The van der Waals surface area contributed by atoms with Gasteiger partial charge in [0.15, 0.2) is 0 Å². The third-order valence-corrected chi connectivity index (χ3v) is 3.42. The van der Waals surface area contributed by atoms with Gasteiger partial charge in [-0.05, 0) is 18.8 Å². The monoisotopic (exact) mass is 219 g/mol. The molecule has 2 N–H and O–H groups in total. The van der Waals surface area contributed by atoms with Crippen LogP contribution in [0.5, 0.6) is 0 Å². The third kappa shape index (κ3) is 2.54. The average molecular weight is 219 g/mol. The zero-order valence-corrected chi connectivity index (χ0v) is 9.39. The fraction of sp³-hybridized carbons (Fsp3) is 0.889. The van der Waals surface area contributed by atoms with E-state index in [1.807, 2.05) is 6.92 Å². The molecule has 5 heteroatoms. The molecule has 1 rings (SSSR count). The zero-order chi connectivity index (χ0) is 10.8. The second kappa shape index (κ2) is 4.40. The van der Waals surface area contributed by atoms with Crippen molar-refractivity contribution in [1.29, 1.82) is 0 Å². The van der Waals surface area contributed by atoms with Crippen LogP contribution in [0.2, 0.25) is 0 Å². The summed E-state index contributed by atoms with van der Waals surface area (Å²) in [5, 5.41) is 9.16. The van der Waals surface area contributed by atoms with E-state index in [2.05, 4.69) is 4.72 Å². The standard InChI is InChI=1S/C9H17NO3S/c1-7-4-3-5-9(6-7,8(11)12)10-14(2)13/h7,10H,3-6H2,1-2H3,(H,11,12). The van der Waals surface area contributed by atoms with Crippen molar-refractivity contribution in [2.24, 2.45) is 5.92 Å². The van der Waals surface area contributed by atoms with Crippen LogP contribution in [0.4, 0.5) is 0 Å². The number of aliphatic carboxylic acids is 1. The summed E-state index contributed by atoms with van der Waals surface area (Å²) in [4.78, 5) is 11.2. The molecule has 0 aromatic heterocycles. The highest BCUT2D eigenvalue weighted by molar-refractivity contribution is 7.82. The molecule has 4 nitrogen and oxygen atoms in total. The van der Waals surface area contributed by atoms with E-state index in [1.165, 1.54) is 6.26 Å². The highest BCUT2D eigenvalue weighted by Crippen LogP contribution is 2.32. The maximum Gasteiger partial charge on any atom is 0.324 e. The van der Waals surface area contributed by atoms with E-state index in [1.54, 1.807) is 0 Å². The molecule has 3 unspecified atom stereocenters. The van der Waals surface area contributed by atoms with Crippen molar-refractivity contribution in [2.75, 3.05) is 6.26 Å². The van der Waals surface area contributed by atoms with Crippen LogP contribution in [0.15, 0.2) is 0 Å². The molecular formula is C9H17NO3S. The maximum atomic E-state index is 11.2. The summed E-state index contributed by atoms with van der Waals surface area (Å²) in [5.74, 6) is -0.491. The van der Waals surface area contributed by atoms with Gasteiger partial charge in [0.25, 0.3) is 0 Å². The molecule has 0 radical (unpaired) electrons. The van der Waals surface area contributed by atoms with Crippen molar-refractivity contribution < 1.29 is 14.1 Å². The molecular weight excluding hydrogens is 202 g/mol. The lowest BCUT2D eigenvalue weighted by Crippen LogP contribution is -2.55. The first kappa shape index (κ1) is 11.7. The molecule has 1 saturated carbocycles. The van der Waals surface area contributed by atoms with Crippen LogP contribution in [-0.2, 0) is 15.8 Å². The van der Waals surface area contributed by atoms with Gasteiger partial charge in [-0.3, -0.25) is 4.79 Å². The molecule has 0 saturated heterocycles. The minimum absolute atomic E-state index is 0.385. The number of hydrogen-bond acceptors (Lipinski definition) is 2. The molecule has 0 aromatic rings. The highest BCUT2D eigenvalue weighted by Gasteiger charge is 2.42. The Hall–Kier alpha value is -0.420. The first-order valence-electron chi connectivity index (χ1n) is 4.81. The fourth-order valence-corrected chi connectivity index (χ4v) is 2.98. The van der Waals surface area contributed by atoms with Gasteiger partial charge in [-0.15, -0.1) is 0 Å². The molecule has 1 aliphatic rings. The van der Waals surface area contributed by atoms with E-state index >= 15 is 0 Å². The Morgan fingerprint density at radius 2 is 2.29 bits per heavy atom. The molecule has 0 amide bonds. The summed E-state index contributed by atoms with van der Waals surface area (Å²) in [6, 6.07) is 0. The van der Waals surface area contributed by atoms with E-state index in [0.29, 0.717) is 18.8 Å². The molecule has 0 spiro atoms. The van der Waals surface area contributed by atoms with Gasteiger partial charge in [0, 0.05) is 6.26 Å². The third-order valence-electron chi connectivity index (χ3n) is 2.75. The molecule has 0 aromatic carbocycles. The van der Waals surface area contributed by atoms with Crippen LogP contribution < -0.4 is 4.72 Å². The van der Waals surface area contributed by atoms with Crippen molar-refractivity contribution in [3.8, 4) is 0 Å². The fourth-order valence-electron chi connectivity index (χ4n) is 2.16. The average Bonchev–Trinajstić information content (AvgIpc) is 2.02. The molecule has 3 atom stereocenters. The van der Waals surface area contributed by atoms with E-state index in [4.69, 9.17) is 5.11 Å². The Kier molecular flexibility index (Phi) is 3.66. The minimum atomic E-state index is -1.27. The predicted octanol–water partition coefficient (Wildman–Crippen LogP) is 0.903. The van der Waals surface area contributed by atoms with Crippen molar-refractivity contribution in [3.05, 3.63) is 0 Å². The second-order valence-corrected chi connectivity index (χ2v) is 5.26. The molecule has 0 heterocycles. The summed E-state index contributed by atoms with van der Waals surface area (Å²) in [6.45, 7) is 2.04. The quantitative estimate of drug-likeness (QED) is 0.741. The number of hydrogen-bond donors (Lipinski definition) is 2. The normalized spacial score (nSPS) is 35.1. The van der Waals surface area contributed by atoms with Crippen LogP contribution in [0, 0.1) is 5.92 Å². The van der Waals surface area contributed by atoms with Crippen LogP contribution >= 0.6 is 0 Å². The Bertz CT molecular complexity index is 256. The van der Waals surface area contributed by atoms with Gasteiger partial charge in [-0.25, -0.2) is 8.93 Å². The van der Waals surface area contributed by atoms with Gasteiger partial charge in [-0.2, -0.15) is 0 Å². The summed E-state index contributed by atoms with van der Waals surface area (Å²) >= 11 is 0. The lowest BCUT2D eigenvalue weighted by molar-refractivity contribution is -0.146. The summed E-state index contributed by atoms with van der Waals surface area (Å²) in [7, 11) is -1.27. The van der Waals surface area contributed by atoms with Crippen LogP contribution in [0.1, 0.15) is 32.6 Å². The van der Waals surface area contributed by atoms with Crippen molar-refractivity contribution >= 4 is 17.0 Å². The van der Waals surface area contributed by atoms with Crippen molar-refractivity contribution in [2.45, 2.75) is 38.1 Å². The second-order valence-electron chi connectivity index (χ2n) is 4.14. The first-order valence-corrected chi connectivity index (χ1v) is 6.37. The Morgan fingerprint density at radius 1 is 1.64 bits per heavy atom. The topological polar surface area (TPSA) is 66.4 Å². The van der Waals surface area contributed by atoms with Gasteiger partial charge in [-0.1, -0.05) is 19.8 Å². The summed E-state index contributed by atoms with van der Waals surface area (Å²) < 4.78 is 13.8. The molecule has 1 fully saturated rings. The maximum absolute atomic E-state index is 11.2. The number of carbonyl (C=O) groups is 1. The highest BCUT2D eigenvalue weighted by atomic mass is 32.2. The SMILES string of the molecule is CC1CCCC(NS(C)=O)(C(=O)O)C1. The lowest BCUT2D eigenvalue weighted by Gasteiger charge is -2.36. The van der Waals surface area contributed by atoms with Crippen molar-refractivity contribution in [1.82, 2.24) is 4.72 Å². The molecule has 0 bridgehead atoms. The van der Waals surface area contributed by atoms with Crippen LogP contribution in [0.3, 0.4) is 0 Å². The Balaban J connectivity index is 2.80. The zero-order valence-electron chi connectivity index (χ0n) is 8.58. The summed E-state index contributed by atoms with van der Waals surface area (Å²) in [6.07, 6.45) is 4.57. The van der Waals surface area contributed by atoms with Crippen molar-refractivity contribution in [3.63, 3.8) is 0 Å². The van der Waals surface area contributed by atoms with Gasteiger partial charge in [0.1, 0.15) is 5.54 Å². The molecule has 14 heavy (non-hydrogen) atoms. The Labute approximate surface area is 86.7 Å². The largest absolute Gasteiger partial charge is 0.480 e. The van der Waals surface area contributed by atoms with E-state index < -0.39 is 22.5 Å². The molecule has 1 aliphatic carbocycles. The van der Waals surface area contributed by atoms with E-state index in [-0.39, 0.29) is 0 Å². The van der Waals surface area contributed by atoms with E-state index in [9.17, 15) is 9.00 Å². The van der Waals surface area contributed by atoms with Gasteiger partial charge >= 0.3 is 5.97 Å². The van der Waals surface area contributed by atoms with Gasteiger partial charge < -0.3 is 5.11 Å². The van der Waals surface area contributed by atoms with E-state index in [0.717, 1.165) is 12.8 Å².